The number of thioether (sulfide) groups is 1. The van der Waals surface area contributed by atoms with Gasteiger partial charge in [-0.05, 0) is 18.2 Å². The molecule has 19 heavy (non-hydrogen) atoms. The predicted molar refractivity (Wildman–Crippen MR) is 72.0 cm³/mol. The van der Waals surface area contributed by atoms with Crippen LogP contribution in [0.5, 0.6) is 5.88 Å². The SMILES string of the molecule is COc1ccc(CSc2nc3ncccc3[nH]2)nn1. The van der Waals surface area contributed by atoms with E-state index in [2.05, 4.69) is 25.1 Å². The van der Waals surface area contributed by atoms with E-state index in [9.17, 15) is 0 Å². The number of ether oxygens (including phenoxy) is 1. The van der Waals surface area contributed by atoms with Crippen LogP contribution in [0.2, 0.25) is 0 Å². The topological polar surface area (TPSA) is 76.6 Å². The highest BCUT2D eigenvalue weighted by molar-refractivity contribution is 7.98. The molecule has 1 N–H and O–H groups in total. The van der Waals surface area contributed by atoms with Crippen LogP contribution in [0, 0.1) is 0 Å². The van der Waals surface area contributed by atoms with Crippen molar-refractivity contribution in [1.29, 1.82) is 0 Å². The number of fused-ring (bicyclic) bond motifs is 1. The number of hydrogen-bond donors (Lipinski definition) is 1. The number of methoxy groups -OCH3 is 1. The molecule has 0 unspecified atom stereocenters. The molecule has 3 heterocycles. The summed E-state index contributed by atoms with van der Waals surface area (Å²) in [6, 6.07) is 7.51. The van der Waals surface area contributed by atoms with E-state index in [1.54, 1.807) is 31.1 Å². The lowest BCUT2D eigenvalue weighted by Crippen LogP contribution is -1.94. The summed E-state index contributed by atoms with van der Waals surface area (Å²) in [7, 11) is 1.57. The quantitative estimate of drug-likeness (QED) is 0.733. The molecule has 6 nitrogen and oxygen atoms in total. The Kier molecular flexibility index (Phi) is 3.28. The molecular formula is C12H11N5OS. The molecule has 0 atom stereocenters. The normalized spacial score (nSPS) is 10.8. The van der Waals surface area contributed by atoms with Gasteiger partial charge < -0.3 is 9.72 Å². The molecule has 0 aliphatic carbocycles. The van der Waals surface area contributed by atoms with Crippen molar-refractivity contribution < 1.29 is 4.74 Å². The minimum Gasteiger partial charge on any atom is -0.480 e. The summed E-state index contributed by atoms with van der Waals surface area (Å²) >= 11 is 1.56. The van der Waals surface area contributed by atoms with Gasteiger partial charge in [0.1, 0.15) is 0 Å². The highest BCUT2D eigenvalue weighted by Crippen LogP contribution is 2.21. The molecule has 3 aromatic heterocycles. The van der Waals surface area contributed by atoms with E-state index in [0.29, 0.717) is 11.6 Å². The largest absolute Gasteiger partial charge is 0.480 e. The molecule has 0 fully saturated rings. The summed E-state index contributed by atoms with van der Waals surface area (Å²) in [5.41, 5.74) is 2.54. The van der Waals surface area contributed by atoms with Gasteiger partial charge in [-0.2, -0.15) is 5.10 Å². The third-order valence-electron chi connectivity index (χ3n) is 2.50. The van der Waals surface area contributed by atoms with E-state index in [4.69, 9.17) is 4.74 Å². The fourth-order valence-corrected chi connectivity index (χ4v) is 2.34. The summed E-state index contributed by atoms with van der Waals surface area (Å²) < 4.78 is 4.96. The van der Waals surface area contributed by atoms with Crippen molar-refractivity contribution >= 4 is 22.9 Å². The number of nitrogens with one attached hydrogen (secondary N) is 1. The first-order valence-electron chi connectivity index (χ1n) is 5.65. The van der Waals surface area contributed by atoms with Crippen LogP contribution in [0.1, 0.15) is 5.69 Å². The minimum absolute atomic E-state index is 0.515. The van der Waals surface area contributed by atoms with Crippen molar-refractivity contribution in [2.75, 3.05) is 7.11 Å². The Hall–Kier alpha value is -2.15. The molecule has 0 aliphatic heterocycles. The predicted octanol–water partition coefficient (Wildman–Crippen LogP) is 2.05. The summed E-state index contributed by atoms with van der Waals surface area (Å²) in [6.45, 7) is 0. The van der Waals surface area contributed by atoms with Gasteiger partial charge in [0.05, 0.1) is 18.3 Å². The Bertz CT molecular complexity index is 649. The molecule has 0 amide bonds. The average Bonchev–Trinajstić information content (AvgIpc) is 2.88. The molecule has 0 aliphatic rings. The van der Waals surface area contributed by atoms with Crippen molar-refractivity contribution in [3.63, 3.8) is 0 Å². The first-order valence-corrected chi connectivity index (χ1v) is 6.64. The molecule has 3 rings (SSSR count). The van der Waals surface area contributed by atoms with Crippen LogP contribution >= 0.6 is 11.8 Å². The number of aromatic nitrogens is 5. The zero-order valence-electron chi connectivity index (χ0n) is 10.2. The highest BCUT2D eigenvalue weighted by Gasteiger charge is 2.05. The van der Waals surface area contributed by atoms with E-state index >= 15 is 0 Å². The van der Waals surface area contributed by atoms with Crippen LogP contribution < -0.4 is 4.74 Å². The van der Waals surface area contributed by atoms with Crippen molar-refractivity contribution in [2.24, 2.45) is 0 Å². The Balaban J connectivity index is 1.70. The average molecular weight is 273 g/mol. The molecule has 7 heteroatoms. The number of aromatic amines is 1. The maximum atomic E-state index is 4.96. The second-order valence-electron chi connectivity index (χ2n) is 3.77. The van der Waals surface area contributed by atoms with Crippen LogP contribution in [0.25, 0.3) is 11.2 Å². The van der Waals surface area contributed by atoms with Gasteiger partial charge in [-0.1, -0.05) is 11.8 Å². The number of hydrogen-bond acceptors (Lipinski definition) is 6. The molecular weight excluding hydrogens is 262 g/mol. The molecule has 0 saturated heterocycles. The van der Waals surface area contributed by atoms with Crippen molar-refractivity contribution in [3.8, 4) is 5.88 Å². The van der Waals surface area contributed by atoms with Crippen molar-refractivity contribution in [1.82, 2.24) is 25.1 Å². The second kappa shape index (κ2) is 5.23. The third kappa shape index (κ3) is 2.65. The zero-order chi connectivity index (χ0) is 13.1. The van der Waals surface area contributed by atoms with Gasteiger partial charge in [0.2, 0.25) is 5.88 Å². The summed E-state index contributed by atoms with van der Waals surface area (Å²) in [5, 5.41) is 8.81. The van der Waals surface area contributed by atoms with E-state index in [1.165, 1.54) is 0 Å². The smallest absolute Gasteiger partial charge is 0.233 e. The summed E-state index contributed by atoms with van der Waals surface area (Å²) in [6.07, 6.45) is 1.73. The number of imidazole rings is 1. The third-order valence-corrected chi connectivity index (χ3v) is 3.40. The number of nitrogens with zero attached hydrogens (tertiary/aromatic N) is 4. The van der Waals surface area contributed by atoms with Gasteiger partial charge in [-0.3, -0.25) is 0 Å². The first kappa shape index (κ1) is 11.9. The molecule has 3 aromatic rings. The van der Waals surface area contributed by atoms with Gasteiger partial charge in [-0.15, -0.1) is 5.10 Å². The Morgan fingerprint density at radius 3 is 2.95 bits per heavy atom. The Morgan fingerprint density at radius 1 is 1.26 bits per heavy atom. The number of rotatable bonds is 4. The minimum atomic E-state index is 0.515. The lowest BCUT2D eigenvalue weighted by Gasteiger charge is -1.99. The van der Waals surface area contributed by atoms with Gasteiger partial charge in [0.15, 0.2) is 10.8 Å². The maximum absolute atomic E-state index is 4.96. The molecule has 0 aromatic carbocycles. The molecule has 96 valence electrons. The molecule has 0 spiro atoms. The number of pyridine rings is 1. The monoisotopic (exact) mass is 273 g/mol. The van der Waals surface area contributed by atoms with Gasteiger partial charge >= 0.3 is 0 Å². The van der Waals surface area contributed by atoms with E-state index in [0.717, 1.165) is 22.0 Å². The first-order chi connectivity index (χ1) is 9.35. The lowest BCUT2D eigenvalue weighted by atomic mass is 10.4. The van der Waals surface area contributed by atoms with E-state index in [-0.39, 0.29) is 0 Å². The fraction of sp³-hybridized carbons (Fsp3) is 0.167. The lowest BCUT2D eigenvalue weighted by molar-refractivity contribution is 0.391. The van der Waals surface area contributed by atoms with Crippen LogP contribution in [-0.2, 0) is 5.75 Å². The van der Waals surface area contributed by atoms with Crippen molar-refractivity contribution in [3.05, 3.63) is 36.2 Å². The summed E-state index contributed by atoms with van der Waals surface area (Å²) in [4.78, 5) is 11.8. The van der Waals surface area contributed by atoms with Crippen molar-refractivity contribution in [2.45, 2.75) is 10.9 Å². The molecule has 0 radical (unpaired) electrons. The highest BCUT2D eigenvalue weighted by atomic mass is 32.2. The van der Waals surface area contributed by atoms with Gasteiger partial charge in [-0.25, -0.2) is 9.97 Å². The van der Waals surface area contributed by atoms with E-state index < -0.39 is 0 Å². The molecule has 0 bridgehead atoms. The fourth-order valence-electron chi connectivity index (χ4n) is 1.57. The standard InChI is InChI=1S/C12H11N5OS/c1-18-10-5-4-8(16-17-10)7-19-12-14-9-3-2-6-13-11(9)15-12/h2-6H,7H2,1H3,(H,13,14,15). The molecule has 0 saturated carbocycles. The Labute approximate surface area is 113 Å². The van der Waals surface area contributed by atoms with Gasteiger partial charge in [0.25, 0.3) is 0 Å². The summed E-state index contributed by atoms with van der Waals surface area (Å²) in [5.74, 6) is 1.21. The zero-order valence-corrected chi connectivity index (χ0v) is 11.0. The van der Waals surface area contributed by atoms with Gasteiger partial charge in [0, 0.05) is 18.0 Å². The number of H-pyrrole nitrogens is 1. The van der Waals surface area contributed by atoms with Crippen LogP contribution in [0.15, 0.2) is 35.6 Å². The maximum Gasteiger partial charge on any atom is 0.233 e. The van der Waals surface area contributed by atoms with E-state index in [1.807, 2.05) is 18.2 Å². The Morgan fingerprint density at radius 2 is 2.21 bits per heavy atom. The van der Waals surface area contributed by atoms with Crippen LogP contribution in [0.3, 0.4) is 0 Å². The van der Waals surface area contributed by atoms with Crippen LogP contribution in [-0.4, -0.2) is 32.3 Å². The van der Waals surface area contributed by atoms with Crippen LogP contribution in [0.4, 0.5) is 0 Å². The second-order valence-corrected chi connectivity index (χ2v) is 4.74.